The maximum atomic E-state index is 12.2. The average Bonchev–Trinajstić information content (AvgIpc) is 2.80. The first-order valence-corrected chi connectivity index (χ1v) is 6.24. The molecule has 1 aromatic rings. The number of phenolic OH excluding ortho intramolecular Hbond substituents is 1. The highest BCUT2D eigenvalue weighted by atomic mass is 16.5. The molecular formula is C14H19NO3. The Labute approximate surface area is 107 Å². The number of hydrogen-bond donors (Lipinski definition) is 2. The van der Waals surface area contributed by atoms with Crippen molar-refractivity contribution in [1.29, 1.82) is 0 Å². The fraction of sp³-hybridized carbons (Fsp3) is 0.500. The second kappa shape index (κ2) is 4.88. The number of carbonyl (C=O) groups is 1. The zero-order valence-electron chi connectivity index (χ0n) is 10.8. The summed E-state index contributed by atoms with van der Waals surface area (Å²) in [7, 11) is 1.49. The van der Waals surface area contributed by atoms with E-state index >= 15 is 0 Å². The summed E-state index contributed by atoms with van der Waals surface area (Å²) in [6.45, 7) is 2.01. The summed E-state index contributed by atoms with van der Waals surface area (Å²) in [5, 5.41) is 12.4. The Morgan fingerprint density at radius 1 is 1.39 bits per heavy atom. The van der Waals surface area contributed by atoms with Gasteiger partial charge in [0.25, 0.3) is 0 Å². The van der Waals surface area contributed by atoms with Crippen molar-refractivity contribution >= 4 is 11.6 Å². The molecule has 0 atom stereocenters. The van der Waals surface area contributed by atoms with Crippen LogP contribution in [0.1, 0.15) is 32.6 Å². The lowest BCUT2D eigenvalue weighted by Gasteiger charge is -2.22. The Kier molecular flexibility index (Phi) is 3.45. The van der Waals surface area contributed by atoms with Gasteiger partial charge in [0.15, 0.2) is 11.5 Å². The van der Waals surface area contributed by atoms with Crippen molar-refractivity contribution in [3.63, 3.8) is 0 Å². The van der Waals surface area contributed by atoms with Crippen molar-refractivity contribution < 1.29 is 14.6 Å². The van der Waals surface area contributed by atoms with E-state index in [1.807, 2.05) is 6.92 Å². The maximum absolute atomic E-state index is 12.2. The summed E-state index contributed by atoms with van der Waals surface area (Å²) in [5.41, 5.74) is 0.397. The Morgan fingerprint density at radius 3 is 2.67 bits per heavy atom. The van der Waals surface area contributed by atoms with E-state index in [1.54, 1.807) is 12.1 Å². The molecule has 0 spiro atoms. The third kappa shape index (κ3) is 2.42. The second-order valence-corrected chi connectivity index (χ2v) is 5.11. The van der Waals surface area contributed by atoms with Crippen LogP contribution in [0.2, 0.25) is 0 Å². The number of ether oxygens (including phenoxy) is 1. The summed E-state index contributed by atoms with van der Waals surface area (Å²) < 4.78 is 5.02. The number of nitrogens with one attached hydrogen (secondary N) is 1. The molecule has 1 amide bonds. The monoisotopic (exact) mass is 249 g/mol. The third-order valence-electron chi connectivity index (χ3n) is 3.69. The Balaban J connectivity index is 2.11. The van der Waals surface area contributed by atoms with Crippen molar-refractivity contribution in [3.05, 3.63) is 18.2 Å². The predicted molar refractivity (Wildman–Crippen MR) is 69.9 cm³/mol. The van der Waals surface area contributed by atoms with Crippen LogP contribution in [0, 0.1) is 5.41 Å². The van der Waals surface area contributed by atoms with Crippen LogP contribution in [0.4, 0.5) is 5.69 Å². The summed E-state index contributed by atoms with van der Waals surface area (Å²) in [6.07, 6.45) is 4.10. The molecule has 2 N–H and O–H groups in total. The van der Waals surface area contributed by atoms with E-state index < -0.39 is 0 Å². The molecular weight excluding hydrogens is 230 g/mol. The summed E-state index contributed by atoms with van der Waals surface area (Å²) in [6, 6.07) is 4.82. The summed E-state index contributed by atoms with van der Waals surface area (Å²) in [5.74, 6) is 0.486. The molecule has 98 valence electrons. The molecule has 1 aromatic carbocycles. The minimum Gasteiger partial charge on any atom is -0.504 e. The Hall–Kier alpha value is -1.71. The van der Waals surface area contributed by atoms with Gasteiger partial charge in [-0.3, -0.25) is 4.79 Å². The van der Waals surface area contributed by atoms with Gasteiger partial charge in [-0.2, -0.15) is 0 Å². The van der Waals surface area contributed by atoms with Gasteiger partial charge in [-0.05, 0) is 25.0 Å². The minimum absolute atomic E-state index is 0.0488. The molecule has 0 aromatic heterocycles. The minimum atomic E-state index is -0.259. The summed E-state index contributed by atoms with van der Waals surface area (Å²) >= 11 is 0. The van der Waals surface area contributed by atoms with Crippen LogP contribution in [-0.2, 0) is 4.79 Å². The molecule has 1 aliphatic carbocycles. The lowest BCUT2D eigenvalue weighted by atomic mass is 9.88. The zero-order valence-corrected chi connectivity index (χ0v) is 10.8. The molecule has 1 fully saturated rings. The largest absolute Gasteiger partial charge is 0.504 e. The van der Waals surface area contributed by atoms with Gasteiger partial charge in [0.1, 0.15) is 0 Å². The molecule has 4 nitrogen and oxygen atoms in total. The van der Waals surface area contributed by atoms with Crippen molar-refractivity contribution in [2.75, 3.05) is 12.4 Å². The van der Waals surface area contributed by atoms with Gasteiger partial charge < -0.3 is 15.2 Å². The van der Waals surface area contributed by atoms with Crippen LogP contribution in [0.25, 0.3) is 0 Å². The quantitative estimate of drug-likeness (QED) is 0.810. The molecule has 0 saturated heterocycles. The van der Waals surface area contributed by atoms with Crippen LogP contribution in [0.15, 0.2) is 18.2 Å². The molecule has 0 radical (unpaired) electrons. The normalized spacial score (nSPS) is 17.4. The standard InChI is InChI=1S/C14H19NO3/c1-14(7-3-4-8-14)13(17)15-10-5-6-11(16)12(9-10)18-2/h5-6,9,16H,3-4,7-8H2,1-2H3,(H,15,17). The van der Waals surface area contributed by atoms with Gasteiger partial charge in [0.2, 0.25) is 5.91 Å². The van der Waals surface area contributed by atoms with E-state index in [0.29, 0.717) is 11.4 Å². The van der Waals surface area contributed by atoms with E-state index in [0.717, 1.165) is 25.7 Å². The SMILES string of the molecule is COc1cc(NC(=O)C2(C)CCCC2)ccc1O. The summed E-state index contributed by atoms with van der Waals surface area (Å²) in [4.78, 5) is 12.2. The second-order valence-electron chi connectivity index (χ2n) is 5.11. The first kappa shape index (κ1) is 12.7. The number of methoxy groups -OCH3 is 1. The number of anilines is 1. The van der Waals surface area contributed by atoms with Crippen LogP contribution >= 0.6 is 0 Å². The van der Waals surface area contributed by atoms with E-state index in [-0.39, 0.29) is 17.1 Å². The van der Waals surface area contributed by atoms with E-state index in [1.165, 1.54) is 13.2 Å². The molecule has 0 bridgehead atoms. The third-order valence-corrected chi connectivity index (χ3v) is 3.69. The Bertz CT molecular complexity index is 450. The highest BCUT2D eigenvalue weighted by Crippen LogP contribution is 2.39. The molecule has 0 heterocycles. The lowest BCUT2D eigenvalue weighted by Crippen LogP contribution is -2.30. The molecule has 1 aliphatic rings. The highest BCUT2D eigenvalue weighted by Gasteiger charge is 2.36. The van der Waals surface area contributed by atoms with Crippen molar-refractivity contribution in [2.24, 2.45) is 5.41 Å². The van der Waals surface area contributed by atoms with Gasteiger partial charge in [-0.25, -0.2) is 0 Å². The molecule has 0 unspecified atom stereocenters. The Morgan fingerprint density at radius 2 is 2.06 bits per heavy atom. The number of aromatic hydroxyl groups is 1. The van der Waals surface area contributed by atoms with Gasteiger partial charge in [-0.1, -0.05) is 19.8 Å². The first-order valence-electron chi connectivity index (χ1n) is 6.24. The van der Waals surface area contributed by atoms with Crippen LogP contribution in [0.3, 0.4) is 0 Å². The number of rotatable bonds is 3. The van der Waals surface area contributed by atoms with Gasteiger partial charge in [-0.15, -0.1) is 0 Å². The fourth-order valence-electron chi connectivity index (χ4n) is 2.42. The highest BCUT2D eigenvalue weighted by molar-refractivity contribution is 5.95. The van der Waals surface area contributed by atoms with E-state index in [9.17, 15) is 9.90 Å². The van der Waals surface area contributed by atoms with Gasteiger partial charge in [0.05, 0.1) is 7.11 Å². The molecule has 18 heavy (non-hydrogen) atoms. The van der Waals surface area contributed by atoms with Crippen molar-refractivity contribution in [2.45, 2.75) is 32.6 Å². The fourth-order valence-corrected chi connectivity index (χ4v) is 2.42. The van der Waals surface area contributed by atoms with Gasteiger partial charge in [0, 0.05) is 17.2 Å². The van der Waals surface area contributed by atoms with Crippen molar-refractivity contribution in [3.8, 4) is 11.5 Å². The smallest absolute Gasteiger partial charge is 0.230 e. The number of hydrogen-bond acceptors (Lipinski definition) is 3. The van der Waals surface area contributed by atoms with Crippen LogP contribution < -0.4 is 10.1 Å². The average molecular weight is 249 g/mol. The maximum Gasteiger partial charge on any atom is 0.230 e. The molecule has 4 heteroatoms. The topological polar surface area (TPSA) is 58.6 Å². The molecule has 0 aliphatic heterocycles. The van der Waals surface area contributed by atoms with E-state index in [4.69, 9.17) is 4.74 Å². The van der Waals surface area contributed by atoms with Crippen molar-refractivity contribution in [1.82, 2.24) is 0 Å². The lowest BCUT2D eigenvalue weighted by molar-refractivity contribution is -0.124. The van der Waals surface area contributed by atoms with Crippen LogP contribution in [-0.4, -0.2) is 18.1 Å². The number of benzene rings is 1. The number of carbonyl (C=O) groups excluding carboxylic acids is 1. The number of phenols is 1. The zero-order chi connectivity index (χ0) is 13.2. The molecule has 1 saturated carbocycles. The van der Waals surface area contributed by atoms with E-state index in [2.05, 4.69) is 5.32 Å². The van der Waals surface area contributed by atoms with Crippen LogP contribution in [0.5, 0.6) is 11.5 Å². The first-order chi connectivity index (χ1) is 8.55. The predicted octanol–water partition coefficient (Wildman–Crippen LogP) is 2.92. The number of amides is 1. The van der Waals surface area contributed by atoms with Gasteiger partial charge >= 0.3 is 0 Å². The molecule has 2 rings (SSSR count).